The van der Waals surface area contributed by atoms with Crippen LogP contribution in [0.1, 0.15) is 5.69 Å². The largest absolute Gasteiger partial charge is 0.481 e. The molecule has 22 heavy (non-hydrogen) atoms. The molecular weight excluding hydrogens is 350 g/mol. The summed E-state index contributed by atoms with van der Waals surface area (Å²) in [5, 5.41) is 2.15. The van der Waals surface area contributed by atoms with Gasteiger partial charge in [-0.05, 0) is 0 Å². The number of thioether (sulfide) groups is 1. The summed E-state index contributed by atoms with van der Waals surface area (Å²) in [6.07, 6.45) is 0. The van der Waals surface area contributed by atoms with Gasteiger partial charge in [0.1, 0.15) is 4.32 Å². The molecule has 1 N–H and O–H groups in total. The van der Waals surface area contributed by atoms with Crippen LogP contribution in [0.25, 0.3) is 0 Å². The molecule has 1 rings (SSSR count). The van der Waals surface area contributed by atoms with E-state index in [4.69, 9.17) is 17.0 Å². The molecule has 0 bridgehead atoms. The van der Waals surface area contributed by atoms with Crippen molar-refractivity contribution in [2.24, 2.45) is 4.36 Å². The lowest BCUT2D eigenvalue weighted by molar-refractivity contribution is 0.259. The molecule has 120 valence electrons. The number of hydrogen-bond donors (Lipinski definition) is 1. The standard InChI is InChI=1S/C10H13N5O4S3/c1-15(2)10(20)21-5-6-4-7(19-3)12-8(11-6)13-9(16)14-22(17)18/h4H,5H2,1-3H3,(H,11,12,13,16). The summed E-state index contributed by atoms with van der Waals surface area (Å²) < 4.78 is 29.1. The van der Waals surface area contributed by atoms with Crippen LogP contribution in [-0.4, -0.2) is 54.8 Å². The van der Waals surface area contributed by atoms with Crippen LogP contribution in [0, 0.1) is 0 Å². The second-order valence-corrected chi connectivity index (χ2v) is 6.14. The number of thiocarbonyl (C=S) groups is 1. The minimum atomic E-state index is -2.85. The highest BCUT2D eigenvalue weighted by atomic mass is 32.2. The molecule has 1 aromatic heterocycles. The maximum Gasteiger partial charge on any atom is 0.362 e. The molecule has 0 atom stereocenters. The number of aromatic nitrogens is 2. The zero-order valence-corrected chi connectivity index (χ0v) is 14.4. The van der Waals surface area contributed by atoms with E-state index in [0.29, 0.717) is 15.8 Å². The molecule has 0 unspecified atom stereocenters. The van der Waals surface area contributed by atoms with E-state index < -0.39 is 16.5 Å². The Bertz CT molecular complexity index is 697. The van der Waals surface area contributed by atoms with Crippen molar-refractivity contribution in [3.8, 4) is 5.88 Å². The van der Waals surface area contributed by atoms with Crippen molar-refractivity contribution in [3.05, 3.63) is 11.8 Å². The monoisotopic (exact) mass is 363 g/mol. The first-order valence-electron chi connectivity index (χ1n) is 5.70. The molecule has 0 saturated heterocycles. The van der Waals surface area contributed by atoms with Gasteiger partial charge in [-0.3, -0.25) is 5.32 Å². The minimum absolute atomic E-state index is 0.107. The fourth-order valence-electron chi connectivity index (χ4n) is 1.16. The Labute approximate surface area is 138 Å². The minimum Gasteiger partial charge on any atom is -0.481 e. The van der Waals surface area contributed by atoms with Crippen molar-refractivity contribution in [3.63, 3.8) is 0 Å². The molecule has 0 fully saturated rings. The fraction of sp³-hybridized carbons (Fsp3) is 0.400. The third-order valence-electron chi connectivity index (χ3n) is 2.05. The highest BCUT2D eigenvalue weighted by Crippen LogP contribution is 2.18. The quantitative estimate of drug-likeness (QED) is 0.787. The van der Waals surface area contributed by atoms with Crippen LogP contribution in [0.3, 0.4) is 0 Å². The van der Waals surface area contributed by atoms with E-state index in [9.17, 15) is 13.2 Å². The highest BCUT2D eigenvalue weighted by Gasteiger charge is 2.10. The Morgan fingerprint density at radius 2 is 2.18 bits per heavy atom. The molecule has 0 saturated carbocycles. The Morgan fingerprint density at radius 3 is 2.73 bits per heavy atom. The number of carbonyl (C=O) groups excluding carboxylic acids is 1. The maximum atomic E-state index is 11.3. The molecule has 9 nitrogen and oxygen atoms in total. The van der Waals surface area contributed by atoms with Gasteiger partial charge in [0.2, 0.25) is 11.8 Å². The van der Waals surface area contributed by atoms with Crippen LogP contribution >= 0.6 is 24.0 Å². The van der Waals surface area contributed by atoms with Gasteiger partial charge in [0.05, 0.1) is 12.8 Å². The van der Waals surface area contributed by atoms with Gasteiger partial charge in [-0.25, -0.2) is 9.78 Å². The molecule has 1 heterocycles. The predicted octanol–water partition coefficient (Wildman–Crippen LogP) is 1.16. The lowest BCUT2D eigenvalue weighted by Crippen LogP contribution is -2.16. The molecule has 0 aromatic carbocycles. The summed E-state index contributed by atoms with van der Waals surface area (Å²) in [4.78, 5) is 21.0. The van der Waals surface area contributed by atoms with E-state index in [2.05, 4.69) is 19.6 Å². The third kappa shape index (κ3) is 6.32. The van der Waals surface area contributed by atoms with E-state index in [1.54, 1.807) is 11.0 Å². The van der Waals surface area contributed by atoms with Crippen LogP contribution in [0.4, 0.5) is 10.7 Å². The highest BCUT2D eigenvalue weighted by molar-refractivity contribution is 8.22. The second kappa shape index (κ2) is 8.60. The number of amides is 2. The van der Waals surface area contributed by atoms with Gasteiger partial charge < -0.3 is 9.64 Å². The number of anilines is 1. The normalized spacial score (nSPS) is 9.77. The number of methoxy groups -OCH3 is 1. The van der Waals surface area contributed by atoms with E-state index in [-0.39, 0.29) is 11.8 Å². The second-order valence-electron chi connectivity index (χ2n) is 3.91. The van der Waals surface area contributed by atoms with Crippen LogP contribution in [0.5, 0.6) is 5.88 Å². The number of hydrogen-bond acceptors (Lipinski definition) is 8. The van der Waals surface area contributed by atoms with Gasteiger partial charge in [-0.15, -0.1) is 0 Å². The van der Waals surface area contributed by atoms with Crippen molar-refractivity contribution in [2.45, 2.75) is 5.75 Å². The first kappa shape index (κ1) is 18.3. The van der Waals surface area contributed by atoms with Crippen molar-refractivity contribution < 1.29 is 17.9 Å². The summed E-state index contributed by atoms with van der Waals surface area (Å²) in [6, 6.07) is 0.494. The molecule has 1 aromatic rings. The van der Waals surface area contributed by atoms with E-state index >= 15 is 0 Å². The van der Waals surface area contributed by atoms with Crippen LogP contribution < -0.4 is 10.1 Å². The molecule has 2 amide bonds. The number of ether oxygens (including phenoxy) is 1. The zero-order valence-electron chi connectivity index (χ0n) is 11.9. The molecule has 12 heteroatoms. The first-order chi connectivity index (χ1) is 10.3. The van der Waals surface area contributed by atoms with Gasteiger partial charge in [0.15, 0.2) is 0 Å². The van der Waals surface area contributed by atoms with Crippen molar-refractivity contribution >= 4 is 50.8 Å². The third-order valence-corrected chi connectivity index (χ3v) is 4.14. The number of rotatable bonds is 4. The van der Waals surface area contributed by atoms with Gasteiger partial charge in [0.25, 0.3) is 0 Å². The Hall–Kier alpha value is -1.79. The first-order valence-corrected chi connectivity index (χ1v) is 8.12. The van der Waals surface area contributed by atoms with Crippen LogP contribution in [-0.2, 0) is 16.3 Å². The van der Waals surface area contributed by atoms with Crippen LogP contribution in [0.2, 0.25) is 0 Å². The number of urea groups is 1. The molecule has 0 spiro atoms. The summed E-state index contributed by atoms with van der Waals surface area (Å²) in [7, 11) is 2.21. The average molecular weight is 363 g/mol. The Balaban J connectivity index is 2.91. The molecule has 0 aliphatic heterocycles. The fourth-order valence-corrected chi connectivity index (χ4v) is 2.19. The summed E-state index contributed by atoms with van der Waals surface area (Å²) in [6.45, 7) is 0. The number of carbonyl (C=O) groups is 1. The van der Waals surface area contributed by atoms with Gasteiger partial charge in [0, 0.05) is 25.9 Å². The molecular formula is C10H13N5O4S3. The lowest BCUT2D eigenvalue weighted by atomic mass is 10.4. The molecule has 0 aliphatic carbocycles. The topological polar surface area (TPSA) is 114 Å². The Kier molecular flexibility index (Phi) is 7.14. The summed E-state index contributed by atoms with van der Waals surface area (Å²) in [5.74, 6) is 0.550. The van der Waals surface area contributed by atoms with Crippen LogP contribution in [0.15, 0.2) is 10.4 Å². The van der Waals surface area contributed by atoms with Crippen molar-refractivity contribution in [1.29, 1.82) is 0 Å². The average Bonchev–Trinajstić information content (AvgIpc) is 2.43. The van der Waals surface area contributed by atoms with E-state index in [0.717, 1.165) is 0 Å². The maximum absolute atomic E-state index is 11.3. The summed E-state index contributed by atoms with van der Waals surface area (Å²) >= 11 is 6.52. The van der Waals surface area contributed by atoms with Gasteiger partial charge in [-0.2, -0.15) is 13.4 Å². The van der Waals surface area contributed by atoms with E-state index in [1.807, 2.05) is 14.1 Å². The zero-order chi connectivity index (χ0) is 16.7. The van der Waals surface area contributed by atoms with Crippen molar-refractivity contribution in [2.75, 3.05) is 26.5 Å². The van der Waals surface area contributed by atoms with Gasteiger partial charge in [-0.1, -0.05) is 28.3 Å². The predicted molar refractivity (Wildman–Crippen MR) is 86.5 cm³/mol. The van der Waals surface area contributed by atoms with Gasteiger partial charge >= 0.3 is 16.5 Å². The summed E-state index contributed by atoms with van der Waals surface area (Å²) in [5.41, 5.74) is 0.555. The molecule has 0 aliphatic rings. The number of nitrogens with one attached hydrogen (secondary N) is 1. The molecule has 0 radical (unpaired) electrons. The SMILES string of the molecule is COc1cc(CSC(=S)N(C)C)nc(NC(=O)N=S(=O)=O)n1. The Morgan fingerprint density at radius 1 is 1.50 bits per heavy atom. The van der Waals surface area contributed by atoms with Crippen molar-refractivity contribution in [1.82, 2.24) is 14.9 Å². The number of nitrogens with zero attached hydrogens (tertiary/aromatic N) is 4. The lowest BCUT2D eigenvalue weighted by Gasteiger charge is -2.12. The smallest absolute Gasteiger partial charge is 0.362 e. The van der Waals surface area contributed by atoms with E-state index in [1.165, 1.54) is 18.9 Å².